The maximum atomic E-state index is 7.54. The number of nitrogens with zero attached hydrogens (tertiary/aromatic N) is 4. The number of benzene rings is 10. The Balaban J connectivity index is 0.930. The van der Waals surface area contributed by atoms with E-state index in [1.165, 1.54) is 72.1 Å². The first-order valence-corrected chi connectivity index (χ1v) is 31.5. The van der Waals surface area contributed by atoms with Crippen LogP contribution in [0.1, 0.15) is 127 Å². The molecule has 2 aromatic heterocycles. The van der Waals surface area contributed by atoms with Gasteiger partial charge in [0.05, 0.1) is 33.5 Å². The van der Waals surface area contributed by atoms with Crippen LogP contribution in [-0.2, 0) is 27.1 Å². The molecule has 434 valence electrons. The molecule has 10 aromatic carbocycles. The Bertz CT molecular complexity index is 4600. The normalized spacial score (nSPS) is 15.5. The Hall–Kier alpha value is -9.45. The van der Waals surface area contributed by atoms with Gasteiger partial charge in [-0.1, -0.05) is 233 Å². The average Bonchev–Trinajstić information content (AvgIpc) is 1.50. The van der Waals surface area contributed by atoms with Crippen molar-refractivity contribution in [2.24, 2.45) is 0 Å². The summed E-state index contributed by atoms with van der Waals surface area (Å²) in [5, 5.41) is 2.35. The molecule has 3 heterocycles. The van der Waals surface area contributed by atoms with Gasteiger partial charge in [-0.2, -0.15) is 0 Å². The maximum Gasteiger partial charge on any atom is 0.137 e. The summed E-state index contributed by atoms with van der Waals surface area (Å²) in [6.45, 7) is 23.9. The molecule has 0 unspecified atom stereocenters. The van der Waals surface area contributed by atoms with Crippen LogP contribution in [0, 0.1) is 0 Å². The summed E-state index contributed by atoms with van der Waals surface area (Å²) in [6, 6.07) is 88.7. The Morgan fingerprint density at radius 2 is 0.989 bits per heavy atom. The first kappa shape index (κ1) is 55.2. The molecule has 0 radical (unpaired) electrons. The molecule has 0 bridgehead atoms. The zero-order valence-corrected chi connectivity index (χ0v) is 52.4. The summed E-state index contributed by atoms with van der Waals surface area (Å²) in [7, 11) is 0. The highest BCUT2D eigenvalue weighted by molar-refractivity contribution is 6.09. The van der Waals surface area contributed by atoms with Gasteiger partial charge >= 0.3 is 0 Å². The van der Waals surface area contributed by atoms with Crippen LogP contribution in [0.2, 0.25) is 0 Å². The van der Waals surface area contributed by atoms with Crippen molar-refractivity contribution in [2.45, 2.75) is 109 Å². The summed E-state index contributed by atoms with van der Waals surface area (Å²) in [4.78, 5) is 10.2. The number of para-hydroxylation sites is 3. The summed E-state index contributed by atoms with van der Waals surface area (Å²) < 4.78 is 9.86. The van der Waals surface area contributed by atoms with Crippen molar-refractivity contribution in [3.8, 4) is 50.7 Å². The van der Waals surface area contributed by atoms with Gasteiger partial charge in [0.15, 0.2) is 0 Å². The largest absolute Gasteiger partial charge is 0.457 e. The van der Waals surface area contributed by atoms with Gasteiger partial charge in [0.1, 0.15) is 24.0 Å². The molecule has 88 heavy (non-hydrogen) atoms. The highest BCUT2D eigenvalue weighted by Crippen LogP contribution is 2.60. The van der Waals surface area contributed by atoms with E-state index >= 15 is 0 Å². The molecule has 12 aromatic rings. The lowest BCUT2D eigenvalue weighted by Gasteiger charge is -2.43. The van der Waals surface area contributed by atoms with E-state index in [0.717, 1.165) is 80.5 Å². The summed E-state index contributed by atoms with van der Waals surface area (Å²) >= 11 is 0. The van der Waals surface area contributed by atoms with Gasteiger partial charge in [-0.25, -0.2) is 4.98 Å². The zero-order valence-electron chi connectivity index (χ0n) is 52.4. The highest BCUT2D eigenvalue weighted by Gasteiger charge is 2.48. The average molecular weight is 1150 g/mol. The van der Waals surface area contributed by atoms with Gasteiger partial charge in [0.25, 0.3) is 0 Å². The van der Waals surface area contributed by atoms with Crippen LogP contribution in [0.4, 0.5) is 22.7 Å². The van der Waals surface area contributed by atoms with Gasteiger partial charge in [0, 0.05) is 51.5 Å². The molecule has 0 fully saturated rings. The fraction of sp³-hybridized carbons (Fsp3) is 0.217. The van der Waals surface area contributed by atoms with Gasteiger partial charge in [0.2, 0.25) is 0 Å². The van der Waals surface area contributed by atoms with Crippen molar-refractivity contribution in [2.75, 3.05) is 16.5 Å². The highest BCUT2D eigenvalue weighted by atomic mass is 16.5. The van der Waals surface area contributed by atoms with E-state index in [1.54, 1.807) is 0 Å². The fourth-order valence-corrected chi connectivity index (χ4v) is 15.0. The van der Waals surface area contributed by atoms with Crippen molar-refractivity contribution < 1.29 is 4.74 Å². The second kappa shape index (κ2) is 20.3. The third kappa shape index (κ3) is 8.82. The number of hydrogen-bond donors (Lipinski definition) is 0. The molecule has 1 aliphatic heterocycles. The topological polar surface area (TPSA) is 33.5 Å². The van der Waals surface area contributed by atoms with E-state index in [0.29, 0.717) is 6.67 Å². The monoisotopic (exact) mass is 1140 g/mol. The Morgan fingerprint density at radius 3 is 1.62 bits per heavy atom. The quantitative estimate of drug-likeness (QED) is 0.144. The van der Waals surface area contributed by atoms with Crippen molar-refractivity contribution in [3.05, 3.63) is 287 Å². The van der Waals surface area contributed by atoms with Crippen molar-refractivity contribution >= 4 is 44.6 Å². The summed E-state index contributed by atoms with van der Waals surface area (Å²) in [6.07, 6.45) is 4.07. The molecule has 0 saturated carbocycles. The van der Waals surface area contributed by atoms with E-state index in [4.69, 9.17) is 9.72 Å². The third-order valence-corrected chi connectivity index (χ3v) is 19.8. The Kier molecular flexibility index (Phi) is 12.7. The maximum absolute atomic E-state index is 7.54. The fourth-order valence-electron chi connectivity index (χ4n) is 15.0. The van der Waals surface area contributed by atoms with Crippen LogP contribution in [0.3, 0.4) is 0 Å². The number of pyridine rings is 1. The van der Waals surface area contributed by atoms with Crippen molar-refractivity contribution in [1.29, 1.82) is 0 Å². The number of fused-ring (bicyclic) bond motifs is 8. The predicted octanol–water partition coefficient (Wildman–Crippen LogP) is 21.9. The van der Waals surface area contributed by atoms with E-state index in [1.807, 2.05) is 6.20 Å². The van der Waals surface area contributed by atoms with E-state index in [9.17, 15) is 0 Å². The van der Waals surface area contributed by atoms with Crippen LogP contribution in [0.15, 0.2) is 243 Å². The molecule has 0 saturated heterocycles. The number of hydrogen-bond acceptors (Lipinski definition) is 4. The molecule has 0 amide bonds. The van der Waals surface area contributed by atoms with E-state index < -0.39 is 5.41 Å². The molecular weight excluding hydrogens is 1070 g/mol. The van der Waals surface area contributed by atoms with Crippen molar-refractivity contribution in [1.82, 2.24) is 9.55 Å². The van der Waals surface area contributed by atoms with Gasteiger partial charge in [-0.05, 0) is 156 Å². The van der Waals surface area contributed by atoms with Crippen LogP contribution >= 0.6 is 0 Å². The number of anilines is 4. The van der Waals surface area contributed by atoms with Gasteiger partial charge < -0.3 is 14.5 Å². The molecule has 2 aliphatic carbocycles. The number of aromatic nitrogens is 2. The molecule has 0 N–H and O–H groups in total. The molecular formula is C83H76N4O. The molecule has 5 nitrogen and oxygen atoms in total. The minimum atomic E-state index is -0.639. The van der Waals surface area contributed by atoms with Crippen LogP contribution in [-0.4, -0.2) is 16.2 Å². The van der Waals surface area contributed by atoms with E-state index in [-0.39, 0.29) is 21.7 Å². The SMILES string of the molecule is CC(C)(C)c1ccc(C2(c3cc(-c4ccccc4)c(N4CN(c5cc(Oc6ccc7c8ccccc8n(-c8cc(C(C)(C)C)ccn8)c7c6)c6c(c5)C(C)(C)CCC6(C)C)c5ccccc54)c(-c4ccccc4)c3)c3ccccc3-c3ccccc32)cc1. The number of rotatable bonds is 9. The molecule has 0 atom stereocenters. The molecule has 0 spiro atoms. The Labute approximate surface area is 519 Å². The summed E-state index contributed by atoms with van der Waals surface area (Å²) in [5.41, 5.74) is 23.3. The second-order valence-corrected chi connectivity index (χ2v) is 28.2. The predicted molar refractivity (Wildman–Crippen MR) is 368 cm³/mol. The standard InChI is InChI=1S/C83H76N4O/c1-79(2,3)56-37-39-57(40-38-56)83(68-32-20-17-29-62(68)63-30-18-21-33-69(63)83)59-47-66(54-25-13-11-14-26-54)78(67(48-59)55-27-15-12-16-28-55)86-53-85(72-35-23-24-36-73(72)86)60-50-70-77(82(9,10)45-44-81(70,7)8)75(51-60)88-61-41-42-65-64-31-19-22-34-71(64)87(74(65)52-61)76-49-58(43-46-84-76)80(4,5)6/h11-43,46-52H,44-45,53H2,1-10H3. The van der Waals surface area contributed by atoms with Crippen LogP contribution < -0.4 is 14.5 Å². The van der Waals surface area contributed by atoms with Crippen LogP contribution in [0.5, 0.6) is 11.5 Å². The lowest BCUT2D eigenvalue weighted by Crippen LogP contribution is -2.35. The van der Waals surface area contributed by atoms with Crippen LogP contribution in [0.25, 0.3) is 61.0 Å². The first-order valence-electron chi connectivity index (χ1n) is 31.5. The lowest BCUT2D eigenvalue weighted by molar-refractivity contribution is 0.320. The molecule has 15 rings (SSSR count). The smallest absolute Gasteiger partial charge is 0.137 e. The third-order valence-electron chi connectivity index (χ3n) is 19.8. The Morgan fingerprint density at radius 1 is 0.432 bits per heavy atom. The molecule has 5 heteroatoms. The lowest BCUT2D eigenvalue weighted by atomic mass is 9.63. The zero-order chi connectivity index (χ0) is 60.5. The van der Waals surface area contributed by atoms with E-state index in [2.05, 4.69) is 320 Å². The van der Waals surface area contributed by atoms with Gasteiger partial charge in [-0.3, -0.25) is 4.57 Å². The van der Waals surface area contributed by atoms with Gasteiger partial charge in [-0.15, -0.1) is 0 Å². The number of ether oxygens (including phenoxy) is 1. The molecule has 3 aliphatic rings. The summed E-state index contributed by atoms with van der Waals surface area (Å²) in [5.74, 6) is 2.59. The first-order chi connectivity index (χ1) is 42.4. The van der Waals surface area contributed by atoms with Crippen molar-refractivity contribution in [3.63, 3.8) is 0 Å². The minimum Gasteiger partial charge on any atom is -0.457 e. The second-order valence-electron chi connectivity index (χ2n) is 28.2. The minimum absolute atomic E-state index is 0.00347.